The van der Waals surface area contributed by atoms with Crippen molar-refractivity contribution in [3.63, 3.8) is 0 Å². The van der Waals surface area contributed by atoms with Gasteiger partial charge in [-0.25, -0.2) is 0 Å². The van der Waals surface area contributed by atoms with Crippen molar-refractivity contribution in [2.75, 3.05) is 32.8 Å². The Morgan fingerprint density at radius 2 is 1.90 bits per heavy atom. The molecule has 3 rings (SSSR count). The molecular weight excluding hydrogens is 268 g/mol. The molecular formula is C16H26N2O3. The van der Waals surface area contributed by atoms with Crippen LogP contribution in [-0.4, -0.2) is 60.5 Å². The summed E-state index contributed by atoms with van der Waals surface area (Å²) in [5.74, 6) is 0.191. The van der Waals surface area contributed by atoms with Gasteiger partial charge >= 0.3 is 0 Å². The van der Waals surface area contributed by atoms with Crippen molar-refractivity contribution < 1.29 is 14.3 Å². The van der Waals surface area contributed by atoms with Gasteiger partial charge in [0.2, 0.25) is 11.8 Å². The van der Waals surface area contributed by atoms with E-state index in [9.17, 15) is 9.59 Å². The molecule has 2 unspecified atom stereocenters. The molecule has 3 heterocycles. The van der Waals surface area contributed by atoms with Crippen LogP contribution in [0.2, 0.25) is 0 Å². The van der Waals surface area contributed by atoms with Crippen LogP contribution >= 0.6 is 0 Å². The molecule has 5 nitrogen and oxygen atoms in total. The van der Waals surface area contributed by atoms with Crippen LogP contribution in [0.4, 0.5) is 0 Å². The number of likely N-dealkylation sites (tertiary alicyclic amines) is 2. The highest BCUT2D eigenvalue weighted by atomic mass is 16.5. The second kappa shape index (κ2) is 6.77. The lowest BCUT2D eigenvalue weighted by atomic mass is 10.1. The molecule has 0 radical (unpaired) electrons. The zero-order valence-electron chi connectivity index (χ0n) is 12.8. The molecule has 0 bridgehead atoms. The molecule has 3 fully saturated rings. The van der Waals surface area contributed by atoms with Gasteiger partial charge in [0.05, 0.1) is 12.0 Å². The number of rotatable bonds is 3. The number of carbonyl (C=O) groups excluding carboxylic acids is 2. The number of ether oxygens (including phenoxy) is 1. The molecule has 0 saturated carbocycles. The predicted octanol–water partition coefficient (Wildman–Crippen LogP) is 1.42. The summed E-state index contributed by atoms with van der Waals surface area (Å²) < 4.78 is 5.60. The quantitative estimate of drug-likeness (QED) is 0.791. The summed E-state index contributed by atoms with van der Waals surface area (Å²) in [5.41, 5.74) is 0. The Morgan fingerprint density at radius 3 is 2.57 bits per heavy atom. The largest absolute Gasteiger partial charge is 0.376 e. The van der Waals surface area contributed by atoms with Crippen molar-refractivity contribution in [3.8, 4) is 0 Å². The van der Waals surface area contributed by atoms with E-state index in [0.717, 1.165) is 45.4 Å². The smallest absolute Gasteiger partial charge is 0.227 e. The average molecular weight is 294 g/mol. The van der Waals surface area contributed by atoms with Gasteiger partial charge in [-0.15, -0.1) is 0 Å². The van der Waals surface area contributed by atoms with Crippen molar-refractivity contribution in [1.29, 1.82) is 0 Å². The van der Waals surface area contributed by atoms with Crippen LogP contribution < -0.4 is 0 Å². The van der Waals surface area contributed by atoms with E-state index >= 15 is 0 Å². The summed E-state index contributed by atoms with van der Waals surface area (Å²) in [6.45, 7) is 3.81. The Balaban J connectivity index is 1.54. The van der Waals surface area contributed by atoms with Crippen LogP contribution in [-0.2, 0) is 14.3 Å². The number of hydrogen-bond donors (Lipinski definition) is 0. The van der Waals surface area contributed by atoms with Crippen molar-refractivity contribution in [3.05, 3.63) is 0 Å². The maximum absolute atomic E-state index is 12.6. The van der Waals surface area contributed by atoms with Gasteiger partial charge in [-0.05, 0) is 25.7 Å². The molecule has 0 spiro atoms. The minimum Gasteiger partial charge on any atom is -0.376 e. The van der Waals surface area contributed by atoms with Crippen LogP contribution in [0.15, 0.2) is 0 Å². The maximum Gasteiger partial charge on any atom is 0.227 e. The van der Waals surface area contributed by atoms with Crippen LogP contribution in [0.1, 0.15) is 44.9 Å². The fraction of sp³-hybridized carbons (Fsp3) is 0.875. The number of nitrogens with zero attached hydrogens (tertiary/aromatic N) is 2. The highest BCUT2D eigenvalue weighted by molar-refractivity contribution is 5.89. The van der Waals surface area contributed by atoms with E-state index < -0.39 is 0 Å². The van der Waals surface area contributed by atoms with Crippen LogP contribution in [0, 0.1) is 5.92 Å². The summed E-state index contributed by atoms with van der Waals surface area (Å²) in [4.78, 5) is 28.6. The molecule has 118 valence electrons. The van der Waals surface area contributed by atoms with E-state index in [1.807, 2.05) is 9.80 Å². The van der Waals surface area contributed by atoms with Gasteiger partial charge in [-0.1, -0.05) is 12.8 Å². The van der Waals surface area contributed by atoms with Crippen molar-refractivity contribution >= 4 is 11.8 Å². The van der Waals surface area contributed by atoms with E-state index in [-0.39, 0.29) is 23.8 Å². The van der Waals surface area contributed by atoms with Gasteiger partial charge in [0, 0.05) is 39.2 Å². The third-order valence-electron chi connectivity index (χ3n) is 4.93. The molecule has 3 aliphatic heterocycles. The van der Waals surface area contributed by atoms with E-state index in [2.05, 4.69) is 0 Å². The molecule has 21 heavy (non-hydrogen) atoms. The van der Waals surface area contributed by atoms with Crippen molar-refractivity contribution in [2.24, 2.45) is 5.92 Å². The number of carbonyl (C=O) groups is 2. The Kier molecular flexibility index (Phi) is 4.78. The standard InChI is InChI=1S/C16H26N2O3/c19-15-10-13(11-18(15)12-14-6-5-9-21-14)16(20)17-7-3-1-2-4-8-17/h13-14H,1-12H2. The fourth-order valence-corrected chi connectivity index (χ4v) is 3.70. The first-order valence-corrected chi connectivity index (χ1v) is 8.42. The zero-order valence-corrected chi connectivity index (χ0v) is 12.8. The first kappa shape index (κ1) is 14.8. The highest BCUT2D eigenvalue weighted by Gasteiger charge is 2.37. The predicted molar refractivity (Wildman–Crippen MR) is 78.7 cm³/mol. The summed E-state index contributed by atoms with van der Waals surface area (Å²) in [6, 6.07) is 0. The van der Waals surface area contributed by atoms with E-state index in [1.165, 1.54) is 12.8 Å². The molecule has 0 aromatic heterocycles. The normalized spacial score (nSPS) is 30.8. The average Bonchev–Trinajstić information content (AvgIpc) is 3.02. The molecule has 3 saturated heterocycles. The van der Waals surface area contributed by atoms with Crippen LogP contribution in [0.5, 0.6) is 0 Å². The van der Waals surface area contributed by atoms with Gasteiger partial charge in [0.25, 0.3) is 0 Å². The lowest BCUT2D eigenvalue weighted by Gasteiger charge is -2.24. The molecule has 0 N–H and O–H groups in total. The monoisotopic (exact) mass is 294 g/mol. The molecule has 5 heteroatoms. The second-order valence-electron chi connectivity index (χ2n) is 6.57. The van der Waals surface area contributed by atoms with Gasteiger partial charge in [0.15, 0.2) is 0 Å². The third-order valence-corrected chi connectivity index (χ3v) is 4.93. The number of amides is 2. The summed E-state index contributed by atoms with van der Waals surface area (Å²) in [5, 5.41) is 0. The molecule has 0 aromatic rings. The summed E-state index contributed by atoms with van der Waals surface area (Å²) >= 11 is 0. The van der Waals surface area contributed by atoms with Crippen LogP contribution in [0.25, 0.3) is 0 Å². The molecule has 2 amide bonds. The summed E-state index contributed by atoms with van der Waals surface area (Å²) in [7, 11) is 0. The van der Waals surface area contributed by atoms with Gasteiger partial charge in [0.1, 0.15) is 0 Å². The molecule has 2 atom stereocenters. The lowest BCUT2D eigenvalue weighted by Crippen LogP contribution is -2.39. The first-order valence-electron chi connectivity index (χ1n) is 8.42. The van der Waals surface area contributed by atoms with Crippen LogP contribution in [0.3, 0.4) is 0 Å². The van der Waals surface area contributed by atoms with E-state index in [4.69, 9.17) is 4.74 Å². The Morgan fingerprint density at radius 1 is 1.14 bits per heavy atom. The Bertz CT molecular complexity index is 385. The van der Waals surface area contributed by atoms with Crippen molar-refractivity contribution in [1.82, 2.24) is 9.80 Å². The first-order chi connectivity index (χ1) is 10.2. The van der Waals surface area contributed by atoms with E-state index in [0.29, 0.717) is 19.5 Å². The minimum absolute atomic E-state index is 0.124. The SMILES string of the molecule is O=C1CC(C(=O)N2CCCCCC2)CN1CC1CCCO1. The van der Waals surface area contributed by atoms with Gasteiger partial charge < -0.3 is 14.5 Å². The molecule has 0 aliphatic carbocycles. The second-order valence-corrected chi connectivity index (χ2v) is 6.57. The lowest BCUT2D eigenvalue weighted by molar-refractivity contribution is -0.135. The summed E-state index contributed by atoms with van der Waals surface area (Å²) in [6.07, 6.45) is 7.34. The minimum atomic E-state index is -0.128. The number of hydrogen-bond acceptors (Lipinski definition) is 3. The fourth-order valence-electron chi connectivity index (χ4n) is 3.70. The maximum atomic E-state index is 12.6. The highest BCUT2D eigenvalue weighted by Crippen LogP contribution is 2.24. The van der Waals surface area contributed by atoms with Gasteiger partial charge in [-0.2, -0.15) is 0 Å². The van der Waals surface area contributed by atoms with Crippen molar-refractivity contribution in [2.45, 2.75) is 51.0 Å². The molecule has 0 aromatic carbocycles. The zero-order chi connectivity index (χ0) is 14.7. The van der Waals surface area contributed by atoms with Gasteiger partial charge in [-0.3, -0.25) is 9.59 Å². The Hall–Kier alpha value is -1.10. The third kappa shape index (κ3) is 3.57. The topological polar surface area (TPSA) is 49.9 Å². The molecule has 3 aliphatic rings. The van der Waals surface area contributed by atoms with E-state index in [1.54, 1.807) is 0 Å². The Labute approximate surface area is 126 Å².